The normalized spacial score (nSPS) is 28.1. The number of aromatic nitrogens is 3. The smallest absolute Gasteiger partial charge is 0.342 e. The summed E-state index contributed by atoms with van der Waals surface area (Å²) in [5.74, 6) is -1.09. The van der Waals surface area contributed by atoms with E-state index >= 15 is 0 Å². The lowest BCUT2D eigenvalue weighted by Gasteiger charge is -2.40. The summed E-state index contributed by atoms with van der Waals surface area (Å²) in [5.41, 5.74) is 3.22. The van der Waals surface area contributed by atoms with Gasteiger partial charge in [0, 0.05) is 43.1 Å². The first-order valence-electron chi connectivity index (χ1n) is 10.8. The second kappa shape index (κ2) is 7.54. The van der Waals surface area contributed by atoms with Crippen molar-refractivity contribution in [2.24, 2.45) is 5.92 Å². The van der Waals surface area contributed by atoms with Gasteiger partial charge in [-0.15, -0.1) is 0 Å². The zero-order valence-electron chi connectivity index (χ0n) is 17.8. The van der Waals surface area contributed by atoms with Crippen molar-refractivity contribution in [2.75, 3.05) is 13.1 Å². The Bertz CT molecular complexity index is 946. The van der Waals surface area contributed by atoms with Crippen LogP contribution in [0.4, 0.5) is 13.2 Å². The average Bonchev–Trinajstić information content (AvgIpc) is 3.10. The zero-order valence-corrected chi connectivity index (χ0v) is 17.8. The molecule has 164 valence electrons. The standard InChI is InChI=1S/C22H29F3N4O/c1-14-11-19(21(3)9-4-10-28(13-21)15(2)30)29-20(26-14)12-18(27-29)16-5-7-17(8-6-16)22(23,24)25/h11-12,16-17H,4-10,13H2,1-3H3/t16?,17?,21-/m0/s1. The van der Waals surface area contributed by atoms with Crippen LogP contribution in [-0.4, -0.2) is 44.7 Å². The van der Waals surface area contributed by atoms with Crippen LogP contribution in [0.15, 0.2) is 12.1 Å². The topological polar surface area (TPSA) is 50.5 Å². The number of nitrogens with zero attached hydrogens (tertiary/aromatic N) is 4. The number of alkyl halides is 3. The number of carbonyl (C=O) groups excluding carboxylic acids is 1. The van der Waals surface area contributed by atoms with Crippen LogP contribution in [0.3, 0.4) is 0 Å². The number of hydrogen-bond donors (Lipinski definition) is 0. The Balaban J connectivity index is 1.65. The van der Waals surface area contributed by atoms with Crippen LogP contribution in [0.1, 0.15) is 75.4 Å². The summed E-state index contributed by atoms with van der Waals surface area (Å²) >= 11 is 0. The van der Waals surface area contributed by atoms with E-state index in [-0.39, 0.29) is 30.1 Å². The third-order valence-corrected chi connectivity index (χ3v) is 6.94. The fraction of sp³-hybridized carbons (Fsp3) is 0.682. The summed E-state index contributed by atoms with van der Waals surface area (Å²) in [5, 5.41) is 4.82. The molecule has 1 amide bonds. The Hall–Kier alpha value is -2.12. The van der Waals surface area contributed by atoms with E-state index in [1.165, 1.54) is 0 Å². The lowest BCUT2D eigenvalue weighted by molar-refractivity contribution is -0.182. The minimum Gasteiger partial charge on any atom is -0.342 e. The molecular formula is C22H29F3N4O. The van der Waals surface area contributed by atoms with Crippen LogP contribution in [0.25, 0.3) is 5.65 Å². The van der Waals surface area contributed by atoms with E-state index in [0.717, 1.165) is 42.1 Å². The minimum absolute atomic E-state index is 0.0336. The van der Waals surface area contributed by atoms with Crippen molar-refractivity contribution in [2.45, 2.75) is 76.8 Å². The molecule has 1 atom stereocenters. The molecule has 3 heterocycles. The predicted octanol–water partition coefficient (Wildman–Crippen LogP) is 4.77. The molecule has 1 aliphatic heterocycles. The highest BCUT2D eigenvalue weighted by atomic mass is 19.4. The molecular weight excluding hydrogens is 393 g/mol. The van der Waals surface area contributed by atoms with Crippen molar-refractivity contribution >= 4 is 11.6 Å². The van der Waals surface area contributed by atoms with E-state index in [1.54, 1.807) is 6.92 Å². The van der Waals surface area contributed by atoms with Crippen molar-refractivity contribution in [1.82, 2.24) is 19.5 Å². The zero-order chi connectivity index (χ0) is 21.7. The van der Waals surface area contributed by atoms with Crippen molar-refractivity contribution in [3.8, 4) is 0 Å². The summed E-state index contributed by atoms with van der Waals surface area (Å²) < 4.78 is 40.9. The lowest BCUT2D eigenvalue weighted by Crippen LogP contribution is -2.47. The Labute approximate surface area is 174 Å². The second-order valence-corrected chi connectivity index (χ2v) is 9.32. The molecule has 30 heavy (non-hydrogen) atoms. The van der Waals surface area contributed by atoms with Crippen LogP contribution in [0, 0.1) is 12.8 Å². The molecule has 1 saturated heterocycles. The van der Waals surface area contributed by atoms with Gasteiger partial charge >= 0.3 is 6.18 Å². The molecule has 1 saturated carbocycles. The molecule has 1 aliphatic carbocycles. The Morgan fingerprint density at radius 2 is 1.90 bits per heavy atom. The summed E-state index contributed by atoms with van der Waals surface area (Å²) in [6.45, 7) is 7.10. The number of hydrogen-bond acceptors (Lipinski definition) is 3. The van der Waals surface area contributed by atoms with Crippen LogP contribution >= 0.6 is 0 Å². The van der Waals surface area contributed by atoms with Crippen molar-refractivity contribution in [1.29, 1.82) is 0 Å². The van der Waals surface area contributed by atoms with E-state index in [0.29, 0.717) is 19.4 Å². The minimum atomic E-state index is -4.10. The van der Waals surface area contributed by atoms with Crippen LogP contribution in [0.5, 0.6) is 0 Å². The molecule has 8 heteroatoms. The molecule has 0 N–H and O–H groups in total. The van der Waals surface area contributed by atoms with Crippen molar-refractivity contribution in [3.05, 3.63) is 29.2 Å². The average molecular weight is 422 g/mol. The van der Waals surface area contributed by atoms with Crippen molar-refractivity contribution in [3.63, 3.8) is 0 Å². The fourth-order valence-electron chi connectivity index (χ4n) is 5.18. The Morgan fingerprint density at radius 1 is 1.20 bits per heavy atom. The number of rotatable bonds is 2. The fourth-order valence-corrected chi connectivity index (χ4v) is 5.18. The first-order chi connectivity index (χ1) is 14.1. The van der Waals surface area contributed by atoms with E-state index in [4.69, 9.17) is 5.10 Å². The number of carbonyl (C=O) groups is 1. The van der Waals surface area contributed by atoms with E-state index in [1.807, 2.05) is 28.5 Å². The number of fused-ring (bicyclic) bond motifs is 1. The Morgan fingerprint density at radius 3 is 2.53 bits per heavy atom. The third kappa shape index (κ3) is 3.93. The number of halogens is 3. The summed E-state index contributed by atoms with van der Waals surface area (Å²) in [4.78, 5) is 18.5. The molecule has 2 aromatic heterocycles. The van der Waals surface area contributed by atoms with E-state index < -0.39 is 12.1 Å². The molecule has 5 nitrogen and oxygen atoms in total. The third-order valence-electron chi connectivity index (χ3n) is 6.94. The summed E-state index contributed by atoms with van der Waals surface area (Å²) in [6.07, 6.45) is -0.918. The van der Waals surface area contributed by atoms with E-state index in [9.17, 15) is 18.0 Å². The molecule has 2 aliphatic rings. The van der Waals surface area contributed by atoms with Gasteiger partial charge in [-0.3, -0.25) is 4.79 Å². The molecule has 4 rings (SSSR count). The van der Waals surface area contributed by atoms with Crippen LogP contribution < -0.4 is 0 Å². The van der Waals surface area contributed by atoms with Gasteiger partial charge in [-0.25, -0.2) is 9.50 Å². The van der Waals surface area contributed by atoms with Crippen LogP contribution in [-0.2, 0) is 10.2 Å². The first kappa shape index (κ1) is 21.1. The predicted molar refractivity (Wildman–Crippen MR) is 107 cm³/mol. The molecule has 0 aromatic carbocycles. The maximum atomic E-state index is 13.0. The van der Waals surface area contributed by atoms with Gasteiger partial charge in [-0.2, -0.15) is 18.3 Å². The number of amides is 1. The molecule has 2 fully saturated rings. The summed E-state index contributed by atoms with van der Waals surface area (Å²) in [6, 6.07) is 3.97. The number of aryl methyl sites for hydroxylation is 1. The molecule has 0 unspecified atom stereocenters. The maximum Gasteiger partial charge on any atom is 0.391 e. The lowest BCUT2D eigenvalue weighted by atomic mass is 9.78. The molecule has 0 radical (unpaired) electrons. The Kier molecular flexibility index (Phi) is 5.31. The molecule has 2 aromatic rings. The van der Waals surface area contributed by atoms with E-state index in [2.05, 4.69) is 11.9 Å². The molecule has 0 spiro atoms. The maximum absolute atomic E-state index is 13.0. The van der Waals surface area contributed by atoms with Gasteiger partial charge in [0.25, 0.3) is 0 Å². The quantitative estimate of drug-likeness (QED) is 0.700. The highest BCUT2D eigenvalue weighted by molar-refractivity contribution is 5.73. The van der Waals surface area contributed by atoms with Gasteiger partial charge < -0.3 is 4.90 Å². The largest absolute Gasteiger partial charge is 0.391 e. The highest BCUT2D eigenvalue weighted by Gasteiger charge is 2.42. The SMILES string of the molecule is CC(=O)N1CCC[C@](C)(c2cc(C)nc3cc(C4CCC(C(F)(F)F)CC4)nn23)C1. The monoisotopic (exact) mass is 422 g/mol. The number of piperidine rings is 1. The van der Waals surface area contributed by atoms with Gasteiger partial charge in [0.1, 0.15) is 0 Å². The summed E-state index contributed by atoms with van der Waals surface area (Å²) in [7, 11) is 0. The van der Waals surface area contributed by atoms with Gasteiger partial charge in [0.15, 0.2) is 5.65 Å². The van der Waals surface area contributed by atoms with Crippen molar-refractivity contribution < 1.29 is 18.0 Å². The van der Waals surface area contributed by atoms with Gasteiger partial charge in [-0.1, -0.05) is 6.92 Å². The first-order valence-corrected chi connectivity index (χ1v) is 10.8. The number of likely N-dealkylation sites (tertiary alicyclic amines) is 1. The van der Waals surface area contributed by atoms with Crippen LogP contribution in [0.2, 0.25) is 0 Å². The molecule has 0 bridgehead atoms. The van der Waals surface area contributed by atoms with Gasteiger partial charge in [0.05, 0.1) is 17.3 Å². The van der Waals surface area contributed by atoms with Gasteiger partial charge in [0.2, 0.25) is 5.91 Å². The highest BCUT2D eigenvalue weighted by Crippen LogP contribution is 2.43. The second-order valence-electron chi connectivity index (χ2n) is 9.32. The van der Waals surface area contributed by atoms with Gasteiger partial charge in [-0.05, 0) is 51.5 Å².